The van der Waals surface area contributed by atoms with Gasteiger partial charge in [-0.15, -0.1) is 0 Å². The van der Waals surface area contributed by atoms with E-state index >= 15 is 0 Å². The van der Waals surface area contributed by atoms with E-state index in [1.165, 1.54) is 0 Å². The molecule has 1 heterocycles. The fourth-order valence-corrected chi connectivity index (χ4v) is 4.13. The Morgan fingerprint density at radius 3 is 2.36 bits per heavy atom. The molecule has 0 unspecified atom stereocenters. The number of aryl methyl sites for hydroxylation is 1. The highest BCUT2D eigenvalue weighted by Gasteiger charge is 2.25. The summed E-state index contributed by atoms with van der Waals surface area (Å²) >= 11 is 0. The minimum absolute atomic E-state index is 0.0927. The van der Waals surface area contributed by atoms with E-state index in [9.17, 15) is 19.2 Å². The number of amides is 4. The van der Waals surface area contributed by atoms with Crippen LogP contribution in [0, 0.1) is 18.3 Å². The van der Waals surface area contributed by atoms with Crippen molar-refractivity contribution in [2.24, 2.45) is 0 Å². The predicted molar refractivity (Wildman–Crippen MR) is 132 cm³/mol. The van der Waals surface area contributed by atoms with Gasteiger partial charge in [0.1, 0.15) is 6.42 Å². The monoisotopic (exact) mass is 491 g/mol. The van der Waals surface area contributed by atoms with Crippen molar-refractivity contribution in [3.63, 3.8) is 0 Å². The molecule has 188 valence electrons. The molecule has 0 spiro atoms. The van der Waals surface area contributed by atoms with E-state index in [4.69, 9.17) is 10.4 Å². The van der Waals surface area contributed by atoms with Crippen LogP contribution in [-0.2, 0) is 9.59 Å². The highest BCUT2D eigenvalue weighted by molar-refractivity contribution is 5.98. The number of benzene rings is 2. The van der Waals surface area contributed by atoms with Gasteiger partial charge in [-0.25, -0.2) is 10.2 Å². The lowest BCUT2D eigenvalue weighted by atomic mass is 9.89. The molecule has 2 aromatic rings. The number of carbonyl (C=O) groups is 4. The van der Waals surface area contributed by atoms with Gasteiger partial charge in [0.05, 0.1) is 11.6 Å². The first-order valence-corrected chi connectivity index (χ1v) is 11.7. The molecular formula is C26H29N5O5. The van der Waals surface area contributed by atoms with E-state index in [1.54, 1.807) is 36.9 Å². The maximum Gasteiger partial charge on any atom is 0.338 e. The van der Waals surface area contributed by atoms with Gasteiger partial charge in [0.2, 0.25) is 0 Å². The van der Waals surface area contributed by atoms with Crippen LogP contribution in [0.1, 0.15) is 59.2 Å². The van der Waals surface area contributed by atoms with Gasteiger partial charge in [-0.1, -0.05) is 18.2 Å². The zero-order chi connectivity index (χ0) is 26.2. The van der Waals surface area contributed by atoms with Gasteiger partial charge in [0.25, 0.3) is 11.8 Å². The summed E-state index contributed by atoms with van der Waals surface area (Å²) in [5.74, 6) is -1.84. The Balaban J connectivity index is 1.61. The van der Waals surface area contributed by atoms with Crippen LogP contribution in [0.3, 0.4) is 0 Å². The van der Waals surface area contributed by atoms with Crippen LogP contribution < -0.4 is 10.7 Å². The number of carboxylic acid groups (broad SMARTS) is 1. The number of nitrogens with one attached hydrogen (secondary N) is 2. The summed E-state index contributed by atoms with van der Waals surface area (Å²) in [6.07, 6.45) is 0.890. The van der Waals surface area contributed by atoms with Crippen molar-refractivity contribution in [3.05, 3.63) is 64.7 Å². The maximum atomic E-state index is 13.1. The van der Waals surface area contributed by atoms with Crippen molar-refractivity contribution in [2.75, 3.05) is 25.0 Å². The van der Waals surface area contributed by atoms with Gasteiger partial charge in [0, 0.05) is 30.9 Å². The number of hydrazine groups is 1. The fourth-order valence-electron chi connectivity index (χ4n) is 4.13. The Morgan fingerprint density at radius 1 is 1.11 bits per heavy atom. The molecule has 3 rings (SSSR count). The summed E-state index contributed by atoms with van der Waals surface area (Å²) in [5.41, 5.74) is 5.70. The number of nitrogens with zero attached hydrogens (tertiary/aromatic N) is 3. The Labute approximate surface area is 209 Å². The lowest BCUT2D eigenvalue weighted by molar-refractivity contribution is -0.145. The third kappa shape index (κ3) is 6.60. The van der Waals surface area contributed by atoms with Gasteiger partial charge in [0.15, 0.2) is 0 Å². The summed E-state index contributed by atoms with van der Waals surface area (Å²) in [6.45, 7) is 4.67. The molecule has 1 aliphatic heterocycles. The molecule has 1 aliphatic rings. The molecule has 36 heavy (non-hydrogen) atoms. The number of carbonyl (C=O) groups excluding carboxylic acids is 3. The number of hydrogen-bond donors (Lipinski definition) is 3. The van der Waals surface area contributed by atoms with E-state index in [2.05, 4.69) is 16.8 Å². The zero-order valence-electron chi connectivity index (χ0n) is 20.3. The van der Waals surface area contributed by atoms with Crippen molar-refractivity contribution in [2.45, 2.75) is 39.0 Å². The molecule has 0 radical (unpaired) electrons. The van der Waals surface area contributed by atoms with Crippen molar-refractivity contribution in [1.82, 2.24) is 15.3 Å². The molecule has 3 N–H and O–H groups in total. The molecule has 0 aromatic heterocycles. The lowest BCUT2D eigenvalue weighted by Crippen LogP contribution is -2.48. The highest BCUT2D eigenvalue weighted by Crippen LogP contribution is 2.29. The molecule has 4 amide bonds. The van der Waals surface area contributed by atoms with Crippen LogP contribution >= 0.6 is 0 Å². The molecule has 1 saturated heterocycles. The number of anilines is 1. The van der Waals surface area contributed by atoms with Crippen LogP contribution in [-0.4, -0.2) is 58.5 Å². The fraction of sp³-hybridized carbons (Fsp3) is 0.346. The normalized spacial score (nSPS) is 13.4. The molecule has 0 aliphatic carbocycles. The minimum atomic E-state index is -1.29. The zero-order valence-corrected chi connectivity index (χ0v) is 20.3. The first kappa shape index (κ1) is 26.2. The molecule has 10 heteroatoms. The van der Waals surface area contributed by atoms with Gasteiger partial charge in [-0.2, -0.15) is 5.26 Å². The first-order valence-electron chi connectivity index (χ1n) is 11.7. The largest absolute Gasteiger partial charge is 0.481 e. The van der Waals surface area contributed by atoms with Crippen molar-refractivity contribution < 1.29 is 24.3 Å². The number of carboxylic acids is 1. The standard InChI is InChI=1S/C26H29N5O5/c1-3-31(23(32)15-24(33)34)29-26(36)28-22-14-21(7-4-17(22)2)25(35)30-12-10-20(11-13-30)19-8-5-18(16-27)6-9-19/h4-9,14,20H,3,10-13,15H2,1-2H3,(H,33,34)(H2,28,29,36). The van der Waals surface area contributed by atoms with E-state index in [0.717, 1.165) is 29.0 Å². The summed E-state index contributed by atoms with van der Waals surface area (Å²) in [6, 6.07) is 14.0. The van der Waals surface area contributed by atoms with Gasteiger partial charge < -0.3 is 15.3 Å². The van der Waals surface area contributed by atoms with E-state index < -0.39 is 24.3 Å². The number of nitriles is 1. The van der Waals surface area contributed by atoms with Crippen LogP contribution in [0.4, 0.5) is 10.5 Å². The number of aliphatic carboxylic acids is 1. The first-order chi connectivity index (χ1) is 17.2. The average Bonchev–Trinajstić information content (AvgIpc) is 2.88. The van der Waals surface area contributed by atoms with Gasteiger partial charge >= 0.3 is 12.0 Å². The maximum absolute atomic E-state index is 13.1. The second kappa shape index (κ2) is 11.8. The Kier molecular flexibility index (Phi) is 8.62. The predicted octanol–water partition coefficient (Wildman–Crippen LogP) is 3.25. The highest BCUT2D eigenvalue weighted by atomic mass is 16.4. The molecule has 10 nitrogen and oxygen atoms in total. The quantitative estimate of drug-likeness (QED) is 0.418. The molecule has 2 aromatic carbocycles. The average molecular weight is 492 g/mol. The third-order valence-corrected chi connectivity index (χ3v) is 6.18. The number of likely N-dealkylation sites (tertiary alicyclic amines) is 1. The summed E-state index contributed by atoms with van der Waals surface area (Å²) in [5, 5.41) is 21.3. The third-order valence-electron chi connectivity index (χ3n) is 6.18. The topological polar surface area (TPSA) is 143 Å². The smallest absolute Gasteiger partial charge is 0.338 e. The molecule has 1 fully saturated rings. The van der Waals surface area contributed by atoms with E-state index in [-0.39, 0.29) is 12.5 Å². The summed E-state index contributed by atoms with van der Waals surface area (Å²) in [4.78, 5) is 50.1. The van der Waals surface area contributed by atoms with Crippen LogP contribution in [0.2, 0.25) is 0 Å². The molecule has 0 saturated carbocycles. The lowest BCUT2D eigenvalue weighted by Gasteiger charge is -2.32. The second-order valence-electron chi connectivity index (χ2n) is 8.60. The van der Waals surface area contributed by atoms with Crippen LogP contribution in [0.5, 0.6) is 0 Å². The number of hydrogen-bond acceptors (Lipinski definition) is 5. The number of rotatable bonds is 6. The second-order valence-corrected chi connectivity index (χ2v) is 8.60. The van der Waals surface area contributed by atoms with Crippen LogP contribution in [0.15, 0.2) is 42.5 Å². The van der Waals surface area contributed by atoms with E-state index in [1.807, 2.05) is 24.3 Å². The molecule has 0 bridgehead atoms. The minimum Gasteiger partial charge on any atom is -0.481 e. The number of urea groups is 1. The number of piperidine rings is 1. The summed E-state index contributed by atoms with van der Waals surface area (Å²) < 4.78 is 0. The van der Waals surface area contributed by atoms with Crippen LogP contribution in [0.25, 0.3) is 0 Å². The molecular weight excluding hydrogens is 462 g/mol. The van der Waals surface area contributed by atoms with Crippen molar-refractivity contribution in [1.29, 1.82) is 5.26 Å². The molecule has 0 atom stereocenters. The Hall–Kier alpha value is -4.39. The van der Waals surface area contributed by atoms with E-state index in [0.29, 0.717) is 35.8 Å². The van der Waals surface area contributed by atoms with Crippen molar-refractivity contribution in [3.8, 4) is 6.07 Å². The Bertz CT molecular complexity index is 1180. The van der Waals surface area contributed by atoms with Gasteiger partial charge in [-0.05, 0) is 68.0 Å². The SMILES string of the molecule is CCN(NC(=O)Nc1cc(C(=O)N2CCC(c3ccc(C#N)cc3)CC2)ccc1C)C(=O)CC(=O)O. The summed E-state index contributed by atoms with van der Waals surface area (Å²) in [7, 11) is 0. The Morgan fingerprint density at radius 2 is 1.78 bits per heavy atom. The van der Waals surface area contributed by atoms with Gasteiger partial charge in [-0.3, -0.25) is 19.4 Å². The van der Waals surface area contributed by atoms with Crippen molar-refractivity contribution >= 4 is 29.5 Å².